The maximum Gasteiger partial charge on any atom is 0.338 e. The van der Waals surface area contributed by atoms with Crippen LogP contribution in [0.1, 0.15) is 13.8 Å². The molecule has 2 atom stereocenters. The molecule has 120 valence electrons. The Hall–Kier alpha value is -1.43. The summed E-state index contributed by atoms with van der Waals surface area (Å²) in [5.41, 5.74) is 3.82. The molecule has 0 radical (unpaired) electrons. The zero-order chi connectivity index (χ0) is 15.7. The van der Waals surface area contributed by atoms with Crippen LogP contribution in [0.2, 0.25) is 0 Å². The number of esters is 1. The van der Waals surface area contributed by atoms with Crippen molar-refractivity contribution < 1.29 is 14.3 Å². The van der Waals surface area contributed by atoms with E-state index in [0.717, 1.165) is 43.9 Å². The van der Waals surface area contributed by atoms with Crippen LogP contribution in [-0.2, 0) is 14.3 Å². The number of carbonyl (C=O) groups is 1. The molecular weight excluding hydrogens is 280 g/mol. The van der Waals surface area contributed by atoms with Crippen LogP contribution in [-0.4, -0.2) is 62.4 Å². The molecule has 0 aromatic carbocycles. The zero-order valence-electron chi connectivity index (χ0n) is 13.4. The number of cyclic esters (lactones) is 1. The van der Waals surface area contributed by atoms with E-state index in [1.165, 1.54) is 5.57 Å². The van der Waals surface area contributed by atoms with E-state index in [9.17, 15) is 4.79 Å². The fourth-order valence-corrected chi connectivity index (χ4v) is 3.38. The second-order valence-corrected chi connectivity index (χ2v) is 6.16. The van der Waals surface area contributed by atoms with Crippen LogP contribution in [0.25, 0.3) is 0 Å². The van der Waals surface area contributed by atoms with Gasteiger partial charge in [0.05, 0.1) is 18.3 Å². The highest BCUT2D eigenvalue weighted by Crippen LogP contribution is 2.29. The summed E-state index contributed by atoms with van der Waals surface area (Å²) in [4.78, 5) is 14.2. The average Bonchev–Trinajstić information content (AvgIpc) is 2.93. The summed E-state index contributed by atoms with van der Waals surface area (Å²) in [7, 11) is 0. The minimum atomic E-state index is -0.274. The Morgan fingerprint density at radius 2 is 2.27 bits per heavy atom. The van der Waals surface area contributed by atoms with Gasteiger partial charge in [-0.25, -0.2) is 4.79 Å². The second-order valence-electron chi connectivity index (χ2n) is 6.16. The quantitative estimate of drug-likeness (QED) is 0.790. The predicted molar refractivity (Wildman–Crippen MR) is 84.5 cm³/mol. The van der Waals surface area contributed by atoms with Gasteiger partial charge in [-0.1, -0.05) is 12.7 Å². The summed E-state index contributed by atoms with van der Waals surface area (Å²) >= 11 is 0. The summed E-state index contributed by atoms with van der Waals surface area (Å²) in [6.45, 7) is 13.0. The standard InChI is InChI=1S/C17H24N2O3/c1-4-14-15(10-22-17(14)20)11(2)12(3)16-8-19-6-5-18-7-13(19)9-21-16/h4,13,16,18H,1,5-10H2,2-3H3/b12-11+/t13-,16+/m0/s1. The molecule has 22 heavy (non-hydrogen) atoms. The normalized spacial score (nSPS) is 30.7. The van der Waals surface area contributed by atoms with Crippen molar-refractivity contribution in [3.8, 4) is 0 Å². The second kappa shape index (κ2) is 6.36. The van der Waals surface area contributed by atoms with Crippen molar-refractivity contribution in [1.29, 1.82) is 0 Å². The van der Waals surface area contributed by atoms with Crippen LogP contribution in [0.5, 0.6) is 0 Å². The number of piperazine rings is 1. The summed E-state index contributed by atoms with van der Waals surface area (Å²) < 4.78 is 11.2. The summed E-state index contributed by atoms with van der Waals surface area (Å²) in [5, 5.41) is 3.41. The molecule has 1 N–H and O–H groups in total. The first-order valence-corrected chi connectivity index (χ1v) is 7.88. The Balaban J connectivity index is 1.80. The first-order chi connectivity index (χ1) is 10.6. The van der Waals surface area contributed by atoms with Gasteiger partial charge in [0.1, 0.15) is 6.61 Å². The number of carbonyl (C=O) groups excluding carboxylic acids is 1. The average molecular weight is 304 g/mol. The highest BCUT2D eigenvalue weighted by molar-refractivity contribution is 5.95. The van der Waals surface area contributed by atoms with E-state index >= 15 is 0 Å². The third kappa shape index (κ3) is 2.76. The molecule has 3 rings (SSSR count). The fourth-order valence-electron chi connectivity index (χ4n) is 3.38. The predicted octanol–water partition coefficient (Wildman–Crippen LogP) is 1.03. The molecule has 2 fully saturated rings. The summed E-state index contributed by atoms with van der Waals surface area (Å²) in [5.74, 6) is -0.274. The number of nitrogens with zero attached hydrogens (tertiary/aromatic N) is 1. The van der Waals surface area contributed by atoms with E-state index < -0.39 is 0 Å². The van der Waals surface area contributed by atoms with E-state index in [1.54, 1.807) is 6.08 Å². The molecule has 0 aromatic rings. The van der Waals surface area contributed by atoms with Crippen molar-refractivity contribution >= 4 is 5.97 Å². The van der Waals surface area contributed by atoms with Gasteiger partial charge in [-0.15, -0.1) is 0 Å². The number of rotatable bonds is 3. The van der Waals surface area contributed by atoms with Gasteiger partial charge in [-0.3, -0.25) is 4.90 Å². The van der Waals surface area contributed by atoms with Gasteiger partial charge in [0.2, 0.25) is 0 Å². The molecular formula is C17H24N2O3. The Bertz CT molecular complexity index is 550. The minimum Gasteiger partial charge on any atom is -0.457 e. The van der Waals surface area contributed by atoms with E-state index in [1.807, 2.05) is 6.92 Å². The minimum absolute atomic E-state index is 0.0867. The molecule has 0 aliphatic carbocycles. The molecule has 0 amide bonds. The number of fused-ring (bicyclic) bond motifs is 1. The first kappa shape index (κ1) is 15.5. The van der Waals surface area contributed by atoms with Crippen molar-refractivity contribution in [1.82, 2.24) is 10.2 Å². The van der Waals surface area contributed by atoms with Crippen LogP contribution in [0.4, 0.5) is 0 Å². The number of nitrogens with one attached hydrogen (secondary N) is 1. The first-order valence-electron chi connectivity index (χ1n) is 7.88. The Kier molecular flexibility index (Phi) is 4.47. The Morgan fingerprint density at radius 3 is 3.05 bits per heavy atom. The van der Waals surface area contributed by atoms with Crippen LogP contribution >= 0.6 is 0 Å². The summed E-state index contributed by atoms with van der Waals surface area (Å²) in [6.07, 6.45) is 1.68. The Morgan fingerprint density at radius 1 is 1.45 bits per heavy atom. The number of hydrogen-bond acceptors (Lipinski definition) is 5. The maximum absolute atomic E-state index is 11.7. The van der Waals surface area contributed by atoms with E-state index in [-0.39, 0.29) is 12.1 Å². The third-order valence-electron chi connectivity index (χ3n) is 4.99. The number of morpholine rings is 1. The van der Waals surface area contributed by atoms with Crippen LogP contribution in [0.3, 0.4) is 0 Å². The molecule has 0 saturated carbocycles. The van der Waals surface area contributed by atoms with E-state index in [0.29, 0.717) is 18.2 Å². The zero-order valence-corrected chi connectivity index (χ0v) is 13.4. The SMILES string of the molecule is C=CC1=C(/C(C)=C(\C)[C@H]2CN3CCNC[C@H]3CO2)COC1=O. The molecule has 0 unspecified atom stereocenters. The highest BCUT2D eigenvalue weighted by Gasteiger charge is 2.33. The van der Waals surface area contributed by atoms with Gasteiger partial charge >= 0.3 is 5.97 Å². The van der Waals surface area contributed by atoms with Crippen molar-refractivity contribution in [2.45, 2.75) is 26.0 Å². The van der Waals surface area contributed by atoms with E-state index in [4.69, 9.17) is 9.47 Å². The third-order valence-corrected chi connectivity index (χ3v) is 4.99. The van der Waals surface area contributed by atoms with Gasteiger partial charge in [0, 0.05) is 37.8 Å². The van der Waals surface area contributed by atoms with Gasteiger partial charge in [-0.05, 0) is 25.0 Å². The largest absolute Gasteiger partial charge is 0.457 e. The van der Waals surface area contributed by atoms with E-state index in [2.05, 4.69) is 23.7 Å². The molecule has 5 heteroatoms. The van der Waals surface area contributed by atoms with Crippen molar-refractivity contribution in [3.05, 3.63) is 34.9 Å². The lowest BCUT2D eigenvalue weighted by atomic mass is 9.95. The molecule has 3 heterocycles. The topological polar surface area (TPSA) is 50.8 Å². The fraction of sp³-hybridized carbons (Fsp3) is 0.588. The molecule has 2 saturated heterocycles. The van der Waals surface area contributed by atoms with Crippen molar-refractivity contribution in [2.75, 3.05) is 39.4 Å². The molecule has 5 nitrogen and oxygen atoms in total. The van der Waals surface area contributed by atoms with Crippen LogP contribution < -0.4 is 5.32 Å². The molecule has 0 aromatic heterocycles. The van der Waals surface area contributed by atoms with Crippen LogP contribution in [0.15, 0.2) is 34.9 Å². The molecule has 0 bridgehead atoms. The lowest BCUT2D eigenvalue weighted by molar-refractivity contribution is -0.135. The Labute approximate surface area is 131 Å². The summed E-state index contributed by atoms with van der Waals surface area (Å²) in [6, 6.07) is 0.484. The molecule has 3 aliphatic rings. The van der Waals surface area contributed by atoms with Gasteiger partial charge in [0.25, 0.3) is 0 Å². The lowest BCUT2D eigenvalue weighted by Gasteiger charge is -2.43. The monoisotopic (exact) mass is 304 g/mol. The molecule has 3 aliphatic heterocycles. The van der Waals surface area contributed by atoms with Gasteiger partial charge in [0.15, 0.2) is 0 Å². The van der Waals surface area contributed by atoms with Gasteiger partial charge < -0.3 is 14.8 Å². The maximum atomic E-state index is 11.7. The highest BCUT2D eigenvalue weighted by atomic mass is 16.5. The van der Waals surface area contributed by atoms with Crippen LogP contribution in [0, 0.1) is 0 Å². The number of ether oxygens (including phenoxy) is 2. The lowest BCUT2D eigenvalue weighted by Crippen LogP contribution is -2.59. The van der Waals surface area contributed by atoms with Crippen molar-refractivity contribution in [3.63, 3.8) is 0 Å². The molecule has 0 spiro atoms. The number of hydrogen-bond donors (Lipinski definition) is 1. The van der Waals surface area contributed by atoms with Crippen molar-refractivity contribution in [2.24, 2.45) is 0 Å². The smallest absolute Gasteiger partial charge is 0.338 e. The van der Waals surface area contributed by atoms with Gasteiger partial charge in [-0.2, -0.15) is 0 Å².